The summed E-state index contributed by atoms with van der Waals surface area (Å²) in [7, 11) is 0. The lowest BCUT2D eigenvalue weighted by atomic mass is 10.1. The lowest BCUT2D eigenvalue weighted by molar-refractivity contribution is 0.101. The van der Waals surface area contributed by atoms with E-state index in [2.05, 4.69) is 9.97 Å². The Morgan fingerprint density at radius 2 is 1.76 bits per heavy atom. The van der Waals surface area contributed by atoms with Crippen molar-refractivity contribution in [2.24, 2.45) is 0 Å². The number of nitrogens with one attached hydrogen (secondary N) is 2. The largest absolute Gasteiger partial charge is 0.325 e. The molecule has 0 aliphatic heterocycles. The van der Waals surface area contributed by atoms with E-state index in [1.165, 1.54) is 13.1 Å². The second kappa shape index (κ2) is 4.21. The molecule has 86 valence electrons. The maximum absolute atomic E-state index is 11.5. The fraction of sp³-hybridized carbons (Fsp3) is 0.0833. The molecule has 17 heavy (non-hydrogen) atoms. The molecule has 0 atom stereocenters. The van der Waals surface area contributed by atoms with Gasteiger partial charge < -0.3 is 4.98 Å². The number of benzene rings is 1. The highest BCUT2D eigenvalue weighted by molar-refractivity contribution is 5.94. The van der Waals surface area contributed by atoms with Crippen LogP contribution in [0.1, 0.15) is 17.3 Å². The van der Waals surface area contributed by atoms with Gasteiger partial charge in [-0.05, 0) is 12.5 Å². The van der Waals surface area contributed by atoms with E-state index >= 15 is 0 Å². The van der Waals surface area contributed by atoms with Gasteiger partial charge >= 0.3 is 5.69 Å². The molecule has 0 aliphatic carbocycles. The number of ketones is 1. The number of hydrogen-bond acceptors (Lipinski definition) is 3. The first-order valence-electron chi connectivity index (χ1n) is 5.01. The van der Waals surface area contributed by atoms with Gasteiger partial charge in [0.15, 0.2) is 5.78 Å². The molecule has 1 aromatic carbocycles. The molecule has 2 N–H and O–H groups in total. The number of carbonyl (C=O) groups excluding carboxylic acids is 1. The van der Waals surface area contributed by atoms with Gasteiger partial charge in [0.1, 0.15) is 0 Å². The highest BCUT2D eigenvalue weighted by Crippen LogP contribution is 2.14. The second-order valence-corrected chi connectivity index (χ2v) is 3.62. The van der Waals surface area contributed by atoms with Crippen molar-refractivity contribution in [1.82, 2.24) is 9.97 Å². The summed E-state index contributed by atoms with van der Waals surface area (Å²) < 4.78 is 0. The number of H-pyrrole nitrogens is 2. The Kier molecular flexibility index (Phi) is 2.74. The summed E-state index contributed by atoms with van der Waals surface area (Å²) in [6, 6.07) is 6.61. The van der Waals surface area contributed by atoms with E-state index in [-0.39, 0.29) is 5.78 Å². The van der Waals surface area contributed by atoms with Crippen molar-refractivity contribution in [3.05, 3.63) is 56.9 Å². The topological polar surface area (TPSA) is 82.8 Å². The summed E-state index contributed by atoms with van der Waals surface area (Å²) in [6.07, 6.45) is 1.35. The Bertz CT molecular complexity index is 665. The summed E-state index contributed by atoms with van der Waals surface area (Å²) in [5, 5.41) is 0. The maximum atomic E-state index is 11.5. The summed E-state index contributed by atoms with van der Waals surface area (Å²) in [5.41, 5.74) is 0.588. The van der Waals surface area contributed by atoms with E-state index in [9.17, 15) is 14.4 Å². The minimum atomic E-state index is -0.542. The lowest BCUT2D eigenvalue weighted by Gasteiger charge is -2.00. The first-order chi connectivity index (χ1) is 8.08. The van der Waals surface area contributed by atoms with Crippen LogP contribution in [-0.4, -0.2) is 15.8 Å². The SMILES string of the molecule is CC(=O)c1ccc(-c2c[nH]c(=O)[nH]c2=O)cc1. The van der Waals surface area contributed by atoms with Crippen LogP contribution in [0.2, 0.25) is 0 Å². The second-order valence-electron chi connectivity index (χ2n) is 3.62. The molecule has 2 aromatic rings. The van der Waals surface area contributed by atoms with Crippen LogP contribution in [0.25, 0.3) is 11.1 Å². The lowest BCUT2D eigenvalue weighted by Crippen LogP contribution is -2.22. The monoisotopic (exact) mass is 230 g/mol. The number of carbonyl (C=O) groups is 1. The van der Waals surface area contributed by atoms with Crippen molar-refractivity contribution in [3.8, 4) is 11.1 Å². The van der Waals surface area contributed by atoms with E-state index < -0.39 is 11.2 Å². The first kappa shape index (κ1) is 11.1. The summed E-state index contributed by atoms with van der Waals surface area (Å²) in [6.45, 7) is 1.47. The molecule has 5 nitrogen and oxygen atoms in total. The molecular weight excluding hydrogens is 220 g/mol. The van der Waals surface area contributed by atoms with E-state index in [0.29, 0.717) is 16.7 Å². The molecule has 5 heteroatoms. The minimum absolute atomic E-state index is 0.0353. The Morgan fingerprint density at radius 3 is 2.29 bits per heavy atom. The predicted octanol–water partition coefficient (Wildman–Crippen LogP) is 0.933. The van der Waals surface area contributed by atoms with Gasteiger partial charge in [0, 0.05) is 11.8 Å². The smallest absolute Gasteiger partial charge is 0.313 e. The van der Waals surface area contributed by atoms with Crippen LogP contribution >= 0.6 is 0 Å². The molecule has 0 saturated carbocycles. The van der Waals surface area contributed by atoms with Crippen molar-refractivity contribution in [2.75, 3.05) is 0 Å². The first-order valence-corrected chi connectivity index (χ1v) is 5.01. The van der Waals surface area contributed by atoms with Crippen LogP contribution in [0.5, 0.6) is 0 Å². The maximum Gasteiger partial charge on any atom is 0.325 e. The van der Waals surface area contributed by atoms with Gasteiger partial charge in [-0.25, -0.2) is 4.79 Å². The van der Waals surface area contributed by atoms with Crippen molar-refractivity contribution in [3.63, 3.8) is 0 Å². The zero-order valence-electron chi connectivity index (χ0n) is 9.11. The average Bonchev–Trinajstić information content (AvgIpc) is 2.29. The Labute approximate surface area is 96.1 Å². The van der Waals surface area contributed by atoms with Gasteiger partial charge in [-0.1, -0.05) is 24.3 Å². The van der Waals surface area contributed by atoms with E-state index in [1.54, 1.807) is 24.3 Å². The molecule has 0 saturated heterocycles. The third kappa shape index (κ3) is 2.23. The molecule has 0 unspecified atom stereocenters. The number of Topliss-reactive ketones (excluding diaryl/α,β-unsaturated/α-hetero) is 1. The number of aromatic amines is 2. The highest BCUT2D eigenvalue weighted by atomic mass is 16.2. The van der Waals surface area contributed by atoms with E-state index in [0.717, 1.165) is 0 Å². The molecule has 0 aliphatic rings. The number of hydrogen-bond donors (Lipinski definition) is 2. The van der Waals surface area contributed by atoms with Gasteiger partial charge in [-0.15, -0.1) is 0 Å². The van der Waals surface area contributed by atoms with Crippen molar-refractivity contribution >= 4 is 5.78 Å². The predicted molar refractivity (Wildman–Crippen MR) is 63.1 cm³/mol. The standard InChI is InChI=1S/C12H10N2O3/c1-7(15)8-2-4-9(5-3-8)10-6-13-12(17)14-11(10)16/h2-6H,1H3,(H2,13,14,16,17). The summed E-state index contributed by atoms with van der Waals surface area (Å²) >= 11 is 0. The Hall–Kier alpha value is -2.43. The van der Waals surface area contributed by atoms with Crippen LogP contribution in [0.4, 0.5) is 0 Å². The number of aromatic nitrogens is 2. The fourth-order valence-corrected chi connectivity index (χ4v) is 1.51. The van der Waals surface area contributed by atoms with Gasteiger partial charge in [0.05, 0.1) is 5.56 Å². The zero-order valence-corrected chi connectivity index (χ0v) is 9.11. The Balaban J connectivity index is 2.50. The van der Waals surface area contributed by atoms with E-state index in [1.807, 2.05) is 0 Å². The average molecular weight is 230 g/mol. The third-order valence-corrected chi connectivity index (χ3v) is 2.42. The molecule has 2 rings (SSSR count). The van der Waals surface area contributed by atoms with Crippen LogP contribution in [-0.2, 0) is 0 Å². The van der Waals surface area contributed by atoms with E-state index in [4.69, 9.17) is 0 Å². The fourth-order valence-electron chi connectivity index (χ4n) is 1.51. The third-order valence-electron chi connectivity index (χ3n) is 2.42. The summed E-state index contributed by atoms with van der Waals surface area (Å²) in [4.78, 5) is 38.0. The normalized spacial score (nSPS) is 10.2. The van der Waals surface area contributed by atoms with Gasteiger partial charge in [0.2, 0.25) is 0 Å². The highest BCUT2D eigenvalue weighted by Gasteiger charge is 2.04. The van der Waals surface area contributed by atoms with Gasteiger partial charge in [0.25, 0.3) is 5.56 Å². The molecule has 0 amide bonds. The molecule has 0 spiro atoms. The number of rotatable bonds is 2. The van der Waals surface area contributed by atoms with Gasteiger partial charge in [-0.2, -0.15) is 0 Å². The van der Waals surface area contributed by atoms with Crippen LogP contribution in [0.15, 0.2) is 40.1 Å². The van der Waals surface area contributed by atoms with Crippen molar-refractivity contribution < 1.29 is 4.79 Å². The molecule has 1 heterocycles. The van der Waals surface area contributed by atoms with Gasteiger partial charge in [-0.3, -0.25) is 14.6 Å². The van der Waals surface area contributed by atoms with Crippen LogP contribution < -0.4 is 11.2 Å². The zero-order chi connectivity index (χ0) is 12.4. The van der Waals surface area contributed by atoms with Crippen LogP contribution in [0, 0.1) is 0 Å². The summed E-state index contributed by atoms with van der Waals surface area (Å²) in [5.74, 6) is -0.0353. The Morgan fingerprint density at radius 1 is 1.12 bits per heavy atom. The molecule has 0 bridgehead atoms. The van der Waals surface area contributed by atoms with Crippen molar-refractivity contribution in [2.45, 2.75) is 6.92 Å². The minimum Gasteiger partial charge on any atom is -0.313 e. The molecular formula is C12H10N2O3. The van der Waals surface area contributed by atoms with Crippen LogP contribution in [0.3, 0.4) is 0 Å². The molecule has 0 radical (unpaired) electrons. The molecule has 0 fully saturated rings. The quantitative estimate of drug-likeness (QED) is 0.753. The van der Waals surface area contributed by atoms with Crippen molar-refractivity contribution in [1.29, 1.82) is 0 Å². The molecule has 1 aromatic heterocycles.